The monoisotopic (exact) mass is 305 g/mol. The largest absolute Gasteiger partial charge is 0.573 e. The zero-order valence-electron chi connectivity index (χ0n) is 12.7. The Kier molecular flexibility index (Phi) is 6.48. The molecule has 0 aliphatic carbocycles. The SMILES string of the molecule is CCNC(c1cccc(OC(F)(F)F)c1)C(OC)C(C)C. The molecule has 0 saturated heterocycles. The number of ether oxygens (including phenoxy) is 2. The number of rotatable bonds is 7. The normalized spacial score (nSPS) is 15.0. The first kappa shape index (κ1) is 17.8. The highest BCUT2D eigenvalue weighted by Crippen LogP contribution is 2.29. The fourth-order valence-electron chi connectivity index (χ4n) is 2.34. The average molecular weight is 305 g/mol. The smallest absolute Gasteiger partial charge is 0.406 e. The molecule has 0 saturated carbocycles. The van der Waals surface area contributed by atoms with E-state index >= 15 is 0 Å². The number of likely N-dealkylation sites (N-methyl/N-ethyl adjacent to an activating group) is 1. The molecule has 1 N–H and O–H groups in total. The summed E-state index contributed by atoms with van der Waals surface area (Å²) in [6, 6.07) is 5.81. The number of halogens is 3. The summed E-state index contributed by atoms with van der Waals surface area (Å²) in [4.78, 5) is 0. The molecule has 0 radical (unpaired) electrons. The minimum atomic E-state index is -4.69. The molecule has 2 unspecified atom stereocenters. The molecular formula is C15H22F3NO2. The van der Waals surface area contributed by atoms with Gasteiger partial charge in [0.1, 0.15) is 5.75 Å². The van der Waals surface area contributed by atoms with Crippen molar-refractivity contribution in [3.05, 3.63) is 29.8 Å². The van der Waals surface area contributed by atoms with Gasteiger partial charge in [-0.3, -0.25) is 0 Å². The molecule has 1 aromatic rings. The summed E-state index contributed by atoms with van der Waals surface area (Å²) in [5.74, 6) is -0.00671. The van der Waals surface area contributed by atoms with Gasteiger partial charge in [0.15, 0.2) is 0 Å². The molecule has 120 valence electrons. The average Bonchev–Trinajstić information content (AvgIpc) is 2.36. The van der Waals surface area contributed by atoms with E-state index in [9.17, 15) is 13.2 Å². The molecule has 0 bridgehead atoms. The fourth-order valence-corrected chi connectivity index (χ4v) is 2.34. The number of alkyl halides is 3. The van der Waals surface area contributed by atoms with Gasteiger partial charge in [-0.2, -0.15) is 0 Å². The Morgan fingerprint density at radius 2 is 1.90 bits per heavy atom. The van der Waals surface area contributed by atoms with E-state index in [-0.39, 0.29) is 23.8 Å². The van der Waals surface area contributed by atoms with E-state index in [1.807, 2.05) is 20.8 Å². The van der Waals surface area contributed by atoms with Crippen LogP contribution in [0.25, 0.3) is 0 Å². The molecule has 2 atom stereocenters. The number of methoxy groups -OCH3 is 1. The minimum absolute atomic E-state index is 0.147. The minimum Gasteiger partial charge on any atom is -0.406 e. The van der Waals surface area contributed by atoms with Crippen molar-refractivity contribution in [3.8, 4) is 5.75 Å². The Labute approximate surface area is 123 Å². The van der Waals surface area contributed by atoms with E-state index in [4.69, 9.17) is 4.74 Å². The summed E-state index contributed by atoms with van der Waals surface area (Å²) in [5, 5.41) is 3.26. The molecule has 0 fully saturated rings. The molecule has 0 aliphatic heterocycles. The molecule has 0 heterocycles. The van der Waals surface area contributed by atoms with Gasteiger partial charge in [0, 0.05) is 7.11 Å². The first-order chi connectivity index (χ1) is 9.78. The van der Waals surface area contributed by atoms with Crippen LogP contribution in [0.2, 0.25) is 0 Å². The summed E-state index contributed by atoms with van der Waals surface area (Å²) in [7, 11) is 1.60. The standard InChI is InChI=1S/C15H22F3NO2/c1-5-19-13(14(20-4)10(2)3)11-7-6-8-12(9-11)21-15(16,17)18/h6-10,13-14,19H,5H2,1-4H3. The summed E-state index contributed by atoms with van der Waals surface area (Å²) in [6.45, 7) is 6.64. The molecular weight excluding hydrogens is 283 g/mol. The van der Waals surface area contributed by atoms with Gasteiger partial charge < -0.3 is 14.8 Å². The quantitative estimate of drug-likeness (QED) is 0.828. The van der Waals surface area contributed by atoms with E-state index in [0.717, 1.165) is 0 Å². The van der Waals surface area contributed by atoms with Gasteiger partial charge in [0.2, 0.25) is 0 Å². The van der Waals surface area contributed by atoms with Gasteiger partial charge in [-0.05, 0) is 30.2 Å². The van der Waals surface area contributed by atoms with Crippen LogP contribution in [0.4, 0.5) is 13.2 Å². The Bertz CT molecular complexity index is 435. The van der Waals surface area contributed by atoms with Crippen molar-refractivity contribution < 1.29 is 22.6 Å². The van der Waals surface area contributed by atoms with Gasteiger partial charge >= 0.3 is 6.36 Å². The van der Waals surface area contributed by atoms with Gasteiger partial charge in [-0.25, -0.2) is 0 Å². The number of hydrogen-bond acceptors (Lipinski definition) is 3. The lowest BCUT2D eigenvalue weighted by atomic mass is 9.93. The Hall–Kier alpha value is -1.27. The molecule has 21 heavy (non-hydrogen) atoms. The third kappa shape index (κ3) is 5.55. The van der Waals surface area contributed by atoms with Crippen LogP contribution < -0.4 is 10.1 Å². The summed E-state index contributed by atoms with van der Waals surface area (Å²) in [6.07, 6.45) is -4.84. The molecule has 0 aliphatic rings. The van der Waals surface area contributed by atoms with Crippen LogP contribution in [0, 0.1) is 5.92 Å². The topological polar surface area (TPSA) is 30.5 Å². The van der Waals surface area contributed by atoms with E-state index in [2.05, 4.69) is 10.1 Å². The van der Waals surface area contributed by atoms with Gasteiger partial charge in [0.05, 0.1) is 12.1 Å². The van der Waals surface area contributed by atoms with Crippen molar-refractivity contribution in [3.63, 3.8) is 0 Å². The molecule has 6 heteroatoms. The Morgan fingerprint density at radius 3 is 2.38 bits per heavy atom. The molecule has 3 nitrogen and oxygen atoms in total. The molecule has 1 rings (SSSR count). The summed E-state index contributed by atoms with van der Waals surface area (Å²) < 4.78 is 46.4. The number of hydrogen-bond donors (Lipinski definition) is 1. The lowest BCUT2D eigenvalue weighted by Crippen LogP contribution is -2.36. The van der Waals surface area contributed by atoms with E-state index in [1.54, 1.807) is 19.2 Å². The third-order valence-electron chi connectivity index (χ3n) is 3.13. The maximum absolute atomic E-state index is 12.3. The number of benzene rings is 1. The second kappa shape index (κ2) is 7.66. The van der Waals surface area contributed by atoms with Crippen molar-refractivity contribution >= 4 is 0 Å². The zero-order valence-corrected chi connectivity index (χ0v) is 12.7. The predicted molar refractivity (Wildman–Crippen MR) is 75.2 cm³/mol. The van der Waals surface area contributed by atoms with Crippen LogP contribution in [0.5, 0.6) is 5.75 Å². The number of nitrogens with one attached hydrogen (secondary N) is 1. The van der Waals surface area contributed by atoms with E-state index in [0.29, 0.717) is 12.1 Å². The van der Waals surface area contributed by atoms with Crippen LogP contribution in [0.1, 0.15) is 32.4 Å². The van der Waals surface area contributed by atoms with Crippen LogP contribution in [0.3, 0.4) is 0 Å². The van der Waals surface area contributed by atoms with Crippen molar-refractivity contribution in [1.29, 1.82) is 0 Å². The second-order valence-corrected chi connectivity index (χ2v) is 5.10. The predicted octanol–water partition coefficient (Wildman–Crippen LogP) is 3.91. The van der Waals surface area contributed by atoms with Crippen LogP contribution >= 0.6 is 0 Å². The molecule has 1 aromatic carbocycles. The van der Waals surface area contributed by atoms with Crippen LogP contribution in [0.15, 0.2) is 24.3 Å². The fraction of sp³-hybridized carbons (Fsp3) is 0.600. The zero-order chi connectivity index (χ0) is 16.0. The maximum Gasteiger partial charge on any atom is 0.573 e. The second-order valence-electron chi connectivity index (χ2n) is 5.10. The van der Waals surface area contributed by atoms with E-state index in [1.165, 1.54) is 12.1 Å². The van der Waals surface area contributed by atoms with Crippen molar-refractivity contribution in [2.45, 2.75) is 39.3 Å². The van der Waals surface area contributed by atoms with E-state index < -0.39 is 6.36 Å². The van der Waals surface area contributed by atoms with Gasteiger partial charge in [-0.1, -0.05) is 32.9 Å². The third-order valence-corrected chi connectivity index (χ3v) is 3.13. The highest BCUT2D eigenvalue weighted by Gasteiger charge is 2.32. The van der Waals surface area contributed by atoms with Gasteiger partial charge in [0.25, 0.3) is 0 Å². The van der Waals surface area contributed by atoms with Crippen molar-refractivity contribution in [2.75, 3.05) is 13.7 Å². The summed E-state index contributed by atoms with van der Waals surface area (Å²) in [5.41, 5.74) is 0.708. The Morgan fingerprint density at radius 1 is 1.24 bits per heavy atom. The van der Waals surface area contributed by atoms with Crippen LogP contribution in [-0.4, -0.2) is 26.1 Å². The lowest BCUT2D eigenvalue weighted by molar-refractivity contribution is -0.274. The maximum atomic E-state index is 12.3. The first-order valence-corrected chi connectivity index (χ1v) is 6.90. The van der Waals surface area contributed by atoms with Crippen molar-refractivity contribution in [2.24, 2.45) is 5.92 Å². The van der Waals surface area contributed by atoms with Crippen LogP contribution in [-0.2, 0) is 4.74 Å². The summed E-state index contributed by atoms with van der Waals surface area (Å²) >= 11 is 0. The molecule has 0 spiro atoms. The Balaban J connectivity index is 3.05. The molecule has 0 aromatic heterocycles. The first-order valence-electron chi connectivity index (χ1n) is 6.90. The molecule has 0 amide bonds. The highest BCUT2D eigenvalue weighted by molar-refractivity contribution is 5.31. The van der Waals surface area contributed by atoms with Gasteiger partial charge in [-0.15, -0.1) is 13.2 Å². The highest BCUT2D eigenvalue weighted by atomic mass is 19.4. The van der Waals surface area contributed by atoms with Crippen molar-refractivity contribution in [1.82, 2.24) is 5.32 Å². The lowest BCUT2D eigenvalue weighted by Gasteiger charge is -2.30.